The standard InChI is InChI=1S/C20H25F2N5O/c1-15-10-19(24-20(23-15)27-6-8-28-9-7-27)26-4-2-25(3-5-26)14-16-11-17(21)13-18(22)12-16/h10-13H,2-9,14H2,1H3. The molecule has 2 saturated heterocycles. The molecule has 8 heteroatoms. The molecule has 0 radical (unpaired) electrons. The van der Waals surface area contributed by atoms with Gasteiger partial charge in [-0.15, -0.1) is 0 Å². The van der Waals surface area contributed by atoms with Gasteiger partial charge in [0.05, 0.1) is 13.2 Å². The molecule has 0 spiro atoms. The first kappa shape index (κ1) is 19.0. The summed E-state index contributed by atoms with van der Waals surface area (Å²) < 4.78 is 32.2. The van der Waals surface area contributed by atoms with Gasteiger partial charge in [-0.25, -0.2) is 13.8 Å². The Bertz CT molecular complexity index is 800. The third-order valence-corrected chi connectivity index (χ3v) is 5.15. The number of rotatable bonds is 4. The fraction of sp³-hybridized carbons (Fsp3) is 0.500. The number of anilines is 2. The second kappa shape index (κ2) is 8.36. The maximum atomic E-state index is 13.4. The van der Waals surface area contributed by atoms with Gasteiger partial charge in [-0.2, -0.15) is 4.98 Å². The lowest BCUT2D eigenvalue weighted by Crippen LogP contribution is -2.46. The van der Waals surface area contributed by atoms with Crippen LogP contribution in [-0.4, -0.2) is 67.4 Å². The molecule has 0 unspecified atom stereocenters. The van der Waals surface area contributed by atoms with Gasteiger partial charge in [-0.1, -0.05) is 0 Å². The Balaban J connectivity index is 1.40. The van der Waals surface area contributed by atoms with E-state index in [1.807, 2.05) is 13.0 Å². The number of hydrogen-bond acceptors (Lipinski definition) is 6. The summed E-state index contributed by atoms with van der Waals surface area (Å²) in [5.41, 5.74) is 1.61. The second-order valence-corrected chi connectivity index (χ2v) is 7.31. The summed E-state index contributed by atoms with van der Waals surface area (Å²) >= 11 is 0. The van der Waals surface area contributed by atoms with Gasteiger partial charge in [-0.3, -0.25) is 4.90 Å². The SMILES string of the molecule is Cc1cc(N2CCN(Cc3cc(F)cc(F)c3)CC2)nc(N2CCOCC2)n1. The van der Waals surface area contributed by atoms with Gasteiger partial charge < -0.3 is 14.5 Å². The lowest BCUT2D eigenvalue weighted by Gasteiger charge is -2.36. The van der Waals surface area contributed by atoms with E-state index in [1.54, 1.807) is 0 Å². The topological polar surface area (TPSA) is 44.7 Å². The molecule has 28 heavy (non-hydrogen) atoms. The molecule has 150 valence electrons. The molecule has 0 amide bonds. The average Bonchev–Trinajstić information content (AvgIpc) is 2.68. The van der Waals surface area contributed by atoms with Crippen LogP contribution >= 0.6 is 0 Å². The Morgan fingerprint density at radius 1 is 0.857 bits per heavy atom. The van der Waals surface area contributed by atoms with Crippen molar-refractivity contribution in [1.29, 1.82) is 0 Å². The number of morpholine rings is 1. The number of aromatic nitrogens is 2. The minimum atomic E-state index is -0.527. The zero-order chi connectivity index (χ0) is 19.5. The highest BCUT2D eigenvalue weighted by molar-refractivity contribution is 5.46. The summed E-state index contributed by atoms with van der Waals surface area (Å²) in [5.74, 6) is 0.642. The summed E-state index contributed by atoms with van der Waals surface area (Å²) in [4.78, 5) is 16.0. The molecular formula is C20H25F2N5O. The van der Waals surface area contributed by atoms with Crippen molar-refractivity contribution in [3.8, 4) is 0 Å². The van der Waals surface area contributed by atoms with Crippen molar-refractivity contribution in [2.45, 2.75) is 13.5 Å². The minimum absolute atomic E-state index is 0.527. The van der Waals surface area contributed by atoms with Crippen LogP contribution in [0.4, 0.5) is 20.5 Å². The Morgan fingerprint density at radius 2 is 1.54 bits per heavy atom. The van der Waals surface area contributed by atoms with Crippen molar-refractivity contribution in [2.24, 2.45) is 0 Å². The van der Waals surface area contributed by atoms with Gasteiger partial charge in [0.25, 0.3) is 0 Å². The molecule has 2 aromatic rings. The van der Waals surface area contributed by atoms with Crippen molar-refractivity contribution in [2.75, 3.05) is 62.3 Å². The Morgan fingerprint density at radius 3 is 2.21 bits per heavy atom. The van der Waals surface area contributed by atoms with E-state index in [4.69, 9.17) is 9.72 Å². The van der Waals surface area contributed by atoms with Crippen LogP contribution in [-0.2, 0) is 11.3 Å². The molecule has 2 aliphatic rings. The molecule has 1 aromatic carbocycles. The monoisotopic (exact) mass is 389 g/mol. The first-order chi connectivity index (χ1) is 13.6. The molecule has 4 rings (SSSR count). The molecule has 2 fully saturated rings. The number of hydrogen-bond donors (Lipinski definition) is 0. The molecule has 0 aliphatic carbocycles. The number of aryl methyl sites for hydroxylation is 1. The van der Waals surface area contributed by atoms with Crippen LogP contribution < -0.4 is 9.80 Å². The van der Waals surface area contributed by atoms with E-state index in [9.17, 15) is 8.78 Å². The van der Waals surface area contributed by atoms with Crippen LogP contribution in [0.5, 0.6) is 0 Å². The summed E-state index contributed by atoms with van der Waals surface area (Å²) in [6.45, 7) is 8.81. The third kappa shape index (κ3) is 4.56. The predicted molar refractivity (Wildman–Crippen MR) is 104 cm³/mol. The lowest BCUT2D eigenvalue weighted by atomic mass is 10.2. The van der Waals surface area contributed by atoms with Crippen molar-refractivity contribution in [1.82, 2.24) is 14.9 Å². The number of nitrogens with zero attached hydrogens (tertiary/aromatic N) is 5. The molecule has 0 saturated carbocycles. The van der Waals surface area contributed by atoms with E-state index in [0.717, 1.165) is 62.8 Å². The molecule has 6 nitrogen and oxygen atoms in total. The number of ether oxygens (including phenoxy) is 1. The largest absolute Gasteiger partial charge is 0.378 e. The Kier molecular flexibility index (Phi) is 5.68. The fourth-order valence-corrected chi connectivity index (χ4v) is 3.70. The van der Waals surface area contributed by atoms with Gasteiger partial charge in [0.2, 0.25) is 5.95 Å². The predicted octanol–water partition coefficient (Wildman–Crippen LogP) is 2.22. The number of benzene rings is 1. The van der Waals surface area contributed by atoms with Crippen LogP contribution in [0.2, 0.25) is 0 Å². The summed E-state index contributed by atoms with van der Waals surface area (Å²) in [6.07, 6.45) is 0. The maximum absolute atomic E-state index is 13.4. The van der Waals surface area contributed by atoms with Gasteiger partial charge in [0.15, 0.2) is 0 Å². The quantitative estimate of drug-likeness (QED) is 0.799. The maximum Gasteiger partial charge on any atom is 0.227 e. The van der Waals surface area contributed by atoms with Crippen LogP contribution in [0.3, 0.4) is 0 Å². The average molecular weight is 389 g/mol. The van der Waals surface area contributed by atoms with Gasteiger partial charge in [0.1, 0.15) is 17.5 Å². The number of piperazine rings is 1. The highest BCUT2D eigenvalue weighted by atomic mass is 19.1. The smallest absolute Gasteiger partial charge is 0.227 e. The summed E-state index contributed by atoms with van der Waals surface area (Å²) in [5, 5.41) is 0. The molecular weight excluding hydrogens is 364 g/mol. The van der Waals surface area contributed by atoms with Crippen LogP contribution in [0.25, 0.3) is 0 Å². The third-order valence-electron chi connectivity index (χ3n) is 5.15. The Hall–Kier alpha value is -2.32. The highest BCUT2D eigenvalue weighted by Gasteiger charge is 2.21. The lowest BCUT2D eigenvalue weighted by molar-refractivity contribution is 0.122. The van der Waals surface area contributed by atoms with Crippen molar-refractivity contribution < 1.29 is 13.5 Å². The van der Waals surface area contributed by atoms with Crippen LogP contribution in [0, 0.1) is 18.6 Å². The first-order valence-electron chi connectivity index (χ1n) is 9.67. The van der Waals surface area contributed by atoms with E-state index in [-0.39, 0.29) is 0 Å². The molecule has 2 aliphatic heterocycles. The summed E-state index contributed by atoms with van der Waals surface area (Å²) in [6, 6.07) is 5.72. The fourth-order valence-electron chi connectivity index (χ4n) is 3.70. The number of halogens is 2. The van der Waals surface area contributed by atoms with Crippen LogP contribution in [0.15, 0.2) is 24.3 Å². The summed E-state index contributed by atoms with van der Waals surface area (Å²) in [7, 11) is 0. The van der Waals surface area contributed by atoms with Crippen molar-refractivity contribution in [3.63, 3.8) is 0 Å². The second-order valence-electron chi connectivity index (χ2n) is 7.31. The normalized spacial score (nSPS) is 18.5. The van der Waals surface area contributed by atoms with E-state index in [0.29, 0.717) is 25.3 Å². The minimum Gasteiger partial charge on any atom is -0.378 e. The van der Waals surface area contributed by atoms with E-state index >= 15 is 0 Å². The molecule has 0 bridgehead atoms. The van der Waals surface area contributed by atoms with E-state index in [2.05, 4.69) is 19.7 Å². The van der Waals surface area contributed by atoms with E-state index < -0.39 is 11.6 Å². The van der Waals surface area contributed by atoms with Crippen molar-refractivity contribution >= 4 is 11.8 Å². The van der Waals surface area contributed by atoms with E-state index in [1.165, 1.54) is 12.1 Å². The zero-order valence-corrected chi connectivity index (χ0v) is 16.1. The van der Waals surface area contributed by atoms with Gasteiger partial charge in [0, 0.05) is 63.6 Å². The zero-order valence-electron chi connectivity index (χ0n) is 16.1. The Labute approximate surface area is 163 Å². The van der Waals surface area contributed by atoms with Gasteiger partial charge >= 0.3 is 0 Å². The first-order valence-corrected chi connectivity index (χ1v) is 9.67. The molecule has 0 N–H and O–H groups in total. The van der Waals surface area contributed by atoms with Gasteiger partial charge in [-0.05, 0) is 24.6 Å². The molecule has 1 aromatic heterocycles. The molecule has 3 heterocycles. The van der Waals surface area contributed by atoms with Crippen molar-refractivity contribution in [3.05, 3.63) is 47.2 Å². The highest BCUT2D eigenvalue weighted by Crippen LogP contribution is 2.20. The van der Waals surface area contributed by atoms with Crippen LogP contribution in [0.1, 0.15) is 11.3 Å². The molecule has 0 atom stereocenters.